The normalized spacial score (nSPS) is 19.5. The molecule has 5 nitrogen and oxygen atoms in total. The lowest BCUT2D eigenvalue weighted by molar-refractivity contribution is 0.207. The maximum Gasteiger partial charge on any atom is 0.252 e. The molecule has 1 atom stereocenters. The molecule has 0 amide bonds. The number of hydrogen-bond acceptors (Lipinski definition) is 5. The number of halogens is 2. The summed E-state index contributed by atoms with van der Waals surface area (Å²) in [4.78, 5) is 4.14. The zero-order chi connectivity index (χ0) is 15.7. The quantitative estimate of drug-likeness (QED) is 0.756. The summed E-state index contributed by atoms with van der Waals surface area (Å²) >= 11 is 10.2. The Labute approximate surface area is 146 Å². The second-order valence-electron chi connectivity index (χ2n) is 4.76. The summed E-state index contributed by atoms with van der Waals surface area (Å²) in [6, 6.07) is 6.71. The van der Waals surface area contributed by atoms with Crippen molar-refractivity contribution in [2.45, 2.75) is 16.7 Å². The Bertz CT molecular complexity index is 764. The molecular formula is C13H12BrClN2O3S2. The van der Waals surface area contributed by atoms with Gasteiger partial charge in [-0.3, -0.25) is 0 Å². The van der Waals surface area contributed by atoms with Crippen LogP contribution in [0.1, 0.15) is 6.42 Å². The van der Waals surface area contributed by atoms with Crippen LogP contribution >= 0.6 is 38.9 Å². The molecule has 1 saturated heterocycles. The van der Waals surface area contributed by atoms with Gasteiger partial charge in [0.1, 0.15) is 10.3 Å². The Kier molecular flexibility index (Phi) is 4.75. The van der Waals surface area contributed by atoms with Crippen LogP contribution in [0.2, 0.25) is 4.34 Å². The van der Waals surface area contributed by atoms with Crippen molar-refractivity contribution >= 4 is 48.9 Å². The first-order valence-electron chi connectivity index (χ1n) is 6.49. The van der Waals surface area contributed by atoms with Crippen LogP contribution in [0.3, 0.4) is 0 Å². The summed E-state index contributed by atoms with van der Waals surface area (Å²) in [5, 5.41) is 0. The van der Waals surface area contributed by atoms with Gasteiger partial charge in [0, 0.05) is 23.3 Å². The minimum Gasteiger partial charge on any atom is -0.473 e. The molecule has 3 heterocycles. The van der Waals surface area contributed by atoms with Crippen molar-refractivity contribution in [3.63, 3.8) is 0 Å². The highest BCUT2D eigenvalue weighted by Gasteiger charge is 2.34. The van der Waals surface area contributed by atoms with Gasteiger partial charge in [0.15, 0.2) is 0 Å². The number of thiophene rings is 1. The summed E-state index contributed by atoms with van der Waals surface area (Å²) in [6.07, 6.45) is 2.08. The van der Waals surface area contributed by atoms with Crippen LogP contribution in [-0.2, 0) is 10.0 Å². The highest BCUT2D eigenvalue weighted by atomic mass is 79.9. The lowest BCUT2D eigenvalue weighted by atomic mass is 10.3. The van der Waals surface area contributed by atoms with E-state index < -0.39 is 10.0 Å². The number of ether oxygens (including phenoxy) is 1. The van der Waals surface area contributed by atoms with Crippen LogP contribution in [0.5, 0.6) is 5.88 Å². The molecule has 3 rings (SSSR count). The predicted molar refractivity (Wildman–Crippen MR) is 89.1 cm³/mol. The van der Waals surface area contributed by atoms with Crippen LogP contribution in [0, 0.1) is 0 Å². The summed E-state index contributed by atoms with van der Waals surface area (Å²) in [7, 11) is -3.49. The van der Waals surface area contributed by atoms with Gasteiger partial charge in [-0.15, -0.1) is 11.3 Å². The maximum absolute atomic E-state index is 12.5. The number of hydrogen-bond donors (Lipinski definition) is 0. The van der Waals surface area contributed by atoms with Gasteiger partial charge in [0.05, 0.1) is 10.9 Å². The third-order valence-electron chi connectivity index (χ3n) is 3.24. The summed E-state index contributed by atoms with van der Waals surface area (Å²) in [6.45, 7) is 0.745. The van der Waals surface area contributed by atoms with Crippen LogP contribution in [-0.4, -0.2) is 36.9 Å². The molecule has 9 heteroatoms. The van der Waals surface area contributed by atoms with Gasteiger partial charge in [0.25, 0.3) is 10.0 Å². The van der Waals surface area contributed by atoms with E-state index in [1.54, 1.807) is 18.3 Å². The molecule has 22 heavy (non-hydrogen) atoms. The van der Waals surface area contributed by atoms with Crippen molar-refractivity contribution < 1.29 is 13.2 Å². The summed E-state index contributed by atoms with van der Waals surface area (Å²) in [5.74, 6) is 0.492. The predicted octanol–water partition coefficient (Wildman–Crippen LogP) is 3.40. The zero-order valence-electron chi connectivity index (χ0n) is 11.3. The molecule has 1 fully saturated rings. The number of aromatic nitrogens is 1. The molecule has 0 bridgehead atoms. The molecule has 0 aromatic carbocycles. The molecule has 1 aliphatic rings. The van der Waals surface area contributed by atoms with Crippen LogP contribution < -0.4 is 4.74 Å². The van der Waals surface area contributed by atoms with Crippen molar-refractivity contribution in [3.05, 3.63) is 39.3 Å². The number of pyridine rings is 1. The minimum atomic E-state index is -3.49. The van der Waals surface area contributed by atoms with E-state index in [4.69, 9.17) is 16.3 Å². The summed E-state index contributed by atoms with van der Waals surface area (Å²) in [5.41, 5.74) is 0. The Morgan fingerprint density at radius 3 is 2.82 bits per heavy atom. The first kappa shape index (κ1) is 16.2. The molecule has 0 saturated carbocycles. The number of nitrogens with zero attached hydrogens (tertiary/aromatic N) is 2. The van der Waals surface area contributed by atoms with Gasteiger partial charge in [-0.2, -0.15) is 4.31 Å². The number of sulfonamides is 1. The van der Waals surface area contributed by atoms with Gasteiger partial charge in [-0.05, 0) is 40.5 Å². The maximum atomic E-state index is 12.5. The lowest BCUT2D eigenvalue weighted by Gasteiger charge is -2.16. The Balaban J connectivity index is 1.68. The molecule has 1 unspecified atom stereocenters. The zero-order valence-corrected chi connectivity index (χ0v) is 15.3. The Morgan fingerprint density at radius 2 is 2.18 bits per heavy atom. The van der Waals surface area contributed by atoms with Gasteiger partial charge in [-0.1, -0.05) is 11.6 Å². The third-order valence-corrected chi connectivity index (χ3v) is 7.27. The molecule has 0 spiro atoms. The molecule has 118 valence electrons. The molecular weight excluding hydrogens is 412 g/mol. The fraction of sp³-hybridized carbons (Fsp3) is 0.308. The van der Waals surface area contributed by atoms with Crippen LogP contribution in [0.15, 0.2) is 39.1 Å². The molecule has 0 N–H and O–H groups in total. The highest BCUT2D eigenvalue weighted by Crippen LogP contribution is 2.30. The van der Waals surface area contributed by atoms with Gasteiger partial charge < -0.3 is 4.74 Å². The highest BCUT2D eigenvalue weighted by molar-refractivity contribution is 9.10. The Morgan fingerprint density at radius 1 is 1.36 bits per heavy atom. The molecule has 2 aromatic heterocycles. The first-order chi connectivity index (χ1) is 10.4. The van der Waals surface area contributed by atoms with Gasteiger partial charge in [-0.25, -0.2) is 13.4 Å². The van der Waals surface area contributed by atoms with Gasteiger partial charge >= 0.3 is 0 Å². The van der Waals surface area contributed by atoms with Gasteiger partial charge in [0.2, 0.25) is 5.88 Å². The van der Waals surface area contributed by atoms with E-state index in [0.29, 0.717) is 29.7 Å². The average Bonchev–Trinajstić information content (AvgIpc) is 3.11. The van der Waals surface area contributed by atoms with Crippen molar-refractivity contribution in [2.75, 3.05) is 13.1 Å². The first-order valence-corrected chi connectivity index (χ1v) is 9.91. The smallest absolute Gasteiger partial charge is 0.252 e. The SMILES string of the molecule is O=S(=O)(c1ccc(Cl)s1)N1CCC(Oc2ccc(Br)cn2)C1. The molecule has 0 radical (unpaired) electrons. The largest absolute Gasteiger partial charge is 0.473 e. The monoisotopic (exact) mass is 422 g/mol. The van der Waals surface area contributed by atoms with E-state index in [1.807, 2.05) is 6.07 Å². The van der Waals surface area contributed by atoms with Crippen LogP contribution in [0.4, 0.5) is 0 Å². The fourth-order valence-corrected chi connectivity index (χ4v) is 5.54. The van der Waals surface area contributed by atoms with Crippen molar-refractivity contribution in [2.24, 2.45) is 0 Å². The van der Waals surface area contributed by atoms with Crippen molar-refractivity contribution in [3.8, 4) is 5.88 Å². The molecule has 2 aromatic rings. The van der Waals surface area contributed by atoms with Crippen LogP contribution in [0.25, 0.3) is 0 Å². The average molecular weight is 424 g/mol. The summed E-state index contributed by atoms with van der Waals surface area (Å²) < 4.78 is 33.7. The van der Waals surface area contributed by atoms with Crippen molar-refractivity contribution in [1.29, 1.82) is 0 Å². The Hall–Kier alpha value is -0.670. The fourth-order valence-electron chi connectivity index (χ4n) is 2.18. The van der Waals surface area contributed by atoms with E-state index in [-0.39, 0.29) is 10.3 Å². The third kappa shape index (κ3) is 3.46. The minimum absolute atomic E-state index is 0.195. The lowest BCUT2D eigenvalue weighted by Crippen LogP contribution is -2.30. The van der Waals surface area contributed by atoms with E-state index in [2.05, 4.69) is 20.9 Å². The van der Waals surface area contributed by atoms with E-state index in [0.717, 1.165) is 15.8 Å². The standard InChI is InChI=1S/C13H12BrClN2O3S2/c14-9-1-3-12(16-7-9)20-10-5-6-17(8-10)22(18,19)13-4-2-11(15)21-13/h1-4,7,10H,5-6,8H2. The van der Waals surface area contributed by atoms with E-state index in [9.17, 15) is 8.42 Å². The van der Waals surface area contributed by atoms with E-state index in [1.165, 1.54) is 10.4 Å². The second-order valence-corrected chi connectivity index (χ2v) is 9.56. The second kappa shape index (κ2) is 6.45. The molecule has 0 aliphatic carbocycles. The topological polar surface area (TPSA) is 59.5 Å². The molecule has 1 aliphatic heterocycles. The number of rotatable bonds is 4. The van der Waals surface area contributed by atoms with Crippen molar-refractivity contribution in [1.82, 2.24) is 9.29 Å². The van der Waals surface area contributed by atoms with E-state index >= 15 is 0 Å².